The van der Waals surface area contributed by atoms with E-state index in [1.54, 1.807) is 12.1 Å². The van der Waals surface area contributed by atoms with Gasteiger partial charge in [0, 0.05) is 0 Å². The highest BCUT2D eigenvalue weighted by molar-refractivity contribution is 5.94. The molecule has 0 radical (unpaired) electrons. The van der Waals surface area contributed by atoms with Gasteiger partial charge in [-0.1, -0.05) is 18.2 Å². The molecule has 0 saturated heterocycles. The lowest BCUT2D eigenvalue weighted by molar-refractivity contribution is -0.117. The lowest BCUT2D eigenvalue weighted by Crippen LogP contribution is -2.37. The van der Waals surface area contributed by atoms with Gasteiger partial charge in [-0.25, -0.2) is 8.78 Å². The number of halogens is 2. The summed E-state index contributed by atoms with van der Waals surface area (Å²) in [6.07, 6.45) is 0.211. The van der Waals surface area contributed by atoms with E-state index in [-0.39, 0.29) is 17.9 Å². The number of amides is 1. The molecule has 0 unspecified atom stereocenters. The molecule has 0 aliphatic rings. The number of aromatic hydroxyl groups is 1. The van der Waals surface area contributed by atoms with E-state index < -0.39 is 23.6 Å². The summed E-state index contributed by atoms with van der Waals surface area (Å²) < 4.78 is 26.5. The van der Waals surface area contributed by atoms with Gasteiger partial charge in [0.15, 0.2) is 11.6 Å². The number of anilines is 1. The second kappa shape index (κ2) is 6.32. The van der Waals surface area contributed by atoms with E-state index in [9.17, 15) is 13.6 Å². The molecule has 2 aromatic rings. The van der Waals surface area contributed by atoms with E-state index in [0.29, 0.717) is 0 Å². The predicted molar refractivity (Wildman–Crippen MR) is 74.8 cm³/mol. The highest BCUT2D eigenvalue weighted by Gasteiger charge is 2.17. The fraction of sp³-hybridized carbons (Fsp3) is 0.133. The van der Waals surface area contributed by atoms with E-state index >= 15 is 0 Å². The van der Waals surface area contributed by atoms with Crippen molar-refractivity contribution in [3.8, 4) is 5.75 Å². The molecule has 1 atom stereocenters. The Balaban J connectivity index is 2.02. The monoisotopic (exact) mass is 292 g/mol. The van der Waals surface area contributed by atoms with Gasteiger partial charge in [0.05, 0.1) is 11.7 Å². The molecular weight excluding hydrogens is 278 g/mol. The lowest BCUT2D eigenvalue weighted by atomic mass is 10.1. The van der Waals surface area contributed by atoms with Gasteiger partial charge in [-0.05, 0) is 36.2 Å². The summed E-state index contributed by atoms with van der Waals surface area (Å²) in [4.78, 5) is 11.9. The van der Waals surface area contributed by atoms with Gasteiger partial charge in [-0.15, -0.1) is 0 Å². The van der Waals surface area contributed by atoms with Gasteiger partial charge >= 0.3 is 0 Å². The van der Waals surface area contributed by atoms with Gasteiger partial charge in [0.1, 0.15) is 5.75 Å². The molecule has 21 heavy (non-hydrogen) atoms. The van der Waals surface area contributed by atoms with Crippen molar-refractivity contribution >= 4 is 11.6 Å². The van der Waals surface area contributed by atoms with Crippen LogP contribution in [0.5, 0.6) is 5.75 Å². The van der Waals surface area contributed by atoms with Gasteiger partial charge in [0.2, 0.25) is 5.91 Å². The molecule has 0 aliphatic heterocycles. The molecule has 4 nitrogen and oxygen atoms in total. The third-order valence-electron chi connectivity index (χ3n) is 2.94. The lowest BCUT2D eigenvalue weighted by Gasteiger charge is -2.13. The number of nitrogens with one attached hydrogen (secondary N) is 1. The molecule has 0 spiro atoms. The van der Waals surface area contributed by atoms with Crippen molar-refractivity contribution in [1.82, 2.24) is 0 Å². The van der Waals surface area contributed by atoms with Crippen LogP contribution in [0.15, 0.2) is 42.5 Å². The van der Waals surface area contributed by atoms with Crippen LogP contribution in [0.1, 0.15) is 5.56 Å². The Hall–Kier alpha value is -2.47. The predicted octanol–water partition coefficient (Wildman–Crippen LogP) is 2.18. The minimum atomic E-state index is -1.12. The summed E-state index contributed by atoms with van der Waals surface area (Å²) in [5.74, 6) is -2.67. The van der Waals surface area contributed by atoms with Gasteiger partial charge < -0.3 is 16.2 Å². The summed E-state index contributed by atoms with van der Waals surface area (Å²) in [7, 11) is 0. The first kappa shape index (κ1) is 14.9. The molecular formula is C15H14F2N2O2. The number of phenols is 1. The molecule has 0 bridgehead atoms. The van der Waals surface area contributed by atoms with Gasteiger partial charge in [0.25, 0.3) is 0 Å². The Bertz CT molecular complexity index is 645. The largest absolute Gasteiger partial charge is 0.508 e. The second-order valence-corrected chi connectivity index (χ2v) is 4.57. The van der Waals surface area contributed by atoms with Crippen molar-refractivity contribution in [2.45, 2.75) is 12.5 Å². The number of carbonyl (C=O) groups is 1. The maximum atomic E-state index is 13.4. The molecule has 1 amide bonds. The minimum Gasteiger partial charge on any atom is -0.508 e. The zero-order chi connectivity index (χ0) is 15.4. The van der Waals surface area contributed by atoms with Crippen LogP contribution < -0.4 is 11.1 Å². The van der Waals surface area contributed by atoms with Gasteiger partial charge in [-0.2, -0.15) is 0 Å². The summed E-state index contributed by atoms with van der Waals surface area (Å²) in [6, 6.07) is 8.80. The van der Waals surface area contributed by atoms with Crippen LogP contribution in [0.4, 0.5) is 14.5 Å². The van der Waals surface area contributed by atoms with Crippen molar-refractivity contribution in [2.24, 2.45) is 5.73 Å². The first-order valence-electron chi connectivity index (χ1n) is 6.25. The van der Waals surface area contributed by atoms with E-state index in [1.165, 1.54) is 24.3 Å². The van der Waals surface area contributed by atoms with Crippen molar-refractivity contribution in [3.05, 3.63) is 59.7 Å². The summed E-state index contributed by atoms with van der Waals surface area (Å²) in [5, 5.41) is 11.4. The zero-order valence-electron chi connectivity index (χ0n) is 11.0. The molecule has 2 aromatic carbocycles. The molecule has 2 rings (SSSR count). The number of nitrogens with two attached hydrogens (primary N) is 1. The molecule has 110 valence electrons. The van der Waals surface area contributed by atoms with Crippen molar-refractivity contribution in [3.63, 3.8) is 0 Å². The van der Waals surface area contributed by atoms with Crippen LogP contribution in [0.3, 0.4) is 0 Å². The van der Waals surface area contributed by atoms with Gasteiger partial charge in [-0.3, -0.25) is 4.79 Å². The van der Waals surface area contributed by atoms with E-state index in [0.717, 1.165) is 11.6 Å². The van der Waals surface area contributed by atoms with Crippen LogP contribution in [0.25, 0.3) is 0 Å². The maximum Gasteiger partial charge on any atom is 0.241 e. The van der Waals surface area contributed by atoms with Crippen LogP contribution in [-0.4, -0.2) is 17.1 Å². The normalized spacial score (nSPS) is 12.0. The fourth-order valence-electron chi connectivity index (χ4n) is 1.80. The van der Waals surface area contributed by atoms with Crippen LogP contribution >= 0.6 is 0 Å². The maximum absolute atomic E-state index is 13.4. The Morgan fingerprint density at radius 2 is 1.86 bits per heavy atom. The fourth-order valence-corrected chi connectivity index (χ4v) is 1.80. The van der Waals surface area contributed by atoms with Crippen LogP contribution in [0.2, 0.25) is 0 Å². The van der Waals surface area contributed by atoms with E-state index in [1.807, 2.05) is 0 Å². The zero-order valence-corrected chi connectivity index (χ0v) is 11.0. The molecule has 0 aromatic heterocycles. The van der Waals surface area contributed by atoms with Crippen molar-refractivity contribution < 1.29 is 18.7 Å². The third-order valence-corrected chi connectivity index (χ3v) is 2.94. The first-order chi connectivity index (χ1) is 9.97. The van der Waals surface area contributed by atoms with Crippen molar-refractivity contribution in [2.75, 3.05) is 5.32 Å². The smallest absolute Gasteiger partial charge is 0.241 e. The highest BCUT2D eigenvalue weighted by atomic mass is 19.2. The highest BCUT2D eigenvalue weighted by Crippen LogP contribution is 2.17. The molecule has 4 N–H and O–H groups in total. The van der Waals surface area contributed by atoms with Crippen LogP contribution in [-0.2, 0) is 11.2 Å². The Morgan fingerprint density at radius 1 is 1.19 bits per heavy atom. The Labute approximate surface area is 120 Å². The molecule has 0 aliphatic carbocycles. The summed E-state index contributed by atoms with van der Waals surface area (Å²) in [6.45, 7) is 0. The number of benzene rings is 2. The second-order valence-electron chi connectivity index (χ2n) is 4.57. The standard InChI is InChI=1S/C15H14F2N2O2/c16-11-2-1-3-13(14(11)17)19-15(21)12(18)8-9-4-6-10(20)7-5-9/h1-7,12,20H,8,18H2,(H,19,21)/t12-/m0/s1. The molecule has 6 heteroatoms. The number of carbonyl (C=O) groups excluding carboxylic acids is 1. The summed E-state index contributed by atoms with van der Waals surface area (Å²) in [5.41, 5.74) is 6.23. The molecule has 0 saturated carbocycles. The molecule has 0 heterocycles. The number of phenolic OH excluding ortho intramolecular Hbond substituents is 1. The van der Waals surface area contributed by atoms with E-state index in [4.69, 9.17) is 10.8 Å². The van der Waals surface area contributed by atoms with E-state index in [2.05, 4.69) is 5.32 Å². The average Bonchev–Trinajstić information content (AvgIpc) is 2.46. The molecule has 0 fully saturated rings. The SMILES string of the molecule is N[C@@H](Cc1ccc(O)cc1)C(=O)Nc1cccc(F)c1F. The first-order valence-corrected chi connectivity index (χ1v) is 6.25. The number of hydrogen-bond donors (Lipinski definition) is 3. The Kier molecular flexibility index (Phi) is 4.49. The Morgan fingerprint density at radius 3 is 2.52 bits per heavy atom. The minimum absolute atomic E-state index is 0.110. The number of rotatable bonds is 4. The topological polar surface area (TPSA) is 75.3 Å². The number of hydrogen-bond acceptors (Lipinski definition) is 3. The van der Waals surface area contributed by atoms with Crippen molar-refractivity contribution in [1.29, 1.82) is 0 Å². The van der Waals surface area contributed by atoms with Crippen LogP contribution in [0, 0.1) is 11.6 Å². The summed E-state index contributed by atoms with van der Waals surface area (Å²) >= 11 is 0. The quantitative estimate of drug-likeness (QED) is 0.808. The third kappa shape index (κ3) is 3.76. The average molecular weight is 292 g/mol.